The van der Waals surface area contributed by atoms with Crippen LogP contribution >= 0.6 is 15.9 Å². The molecule has 4 unspecified atom stereocenters. The maximum Gasteiger partial charge on any atom is 0.161 e. The summed E-state index contributed by atoms with van der Waals surface area (Å²) >= 11 is 3.67. The summed E-state index contributed by atoms with van der Waals surface area (Å²) in [5, 5.41) is 3.73. The van der Waals surface area contributed by atoms with Crippen molar-refractivity contribution in [3.8, 4) is 11.5 Å². The molecule has 1 aliphatic heterocycles. The number of hydrogen-bond acceptors (Lipinski definition) is 4. The molecule has 0 radical (unpaired) electrons. The van der Waals surface area contributed by atoms with E-state index in [1.54, 1.807) is 14.2 Å². The van der Waals surface area contributed by atoms with Crippen LogP contribution in [0.2, 0.25) is 0 Å². The molecule has 1 saturated carbocycles. The molecule has 4 atom stereocenters. The molecule has 1 saturated heterocycles. The molecule has 1 N–H and O–H groups in total. The largest absolute Gasteiger partial charge is 0.493 e. The van der Waals surface area contributed by atoms with Crippen molar-refractivity contribution in [2.75, 3.05) is 14.2 Å². The molecule has 0 aromatic heterocycles. The van der Waals surface area contributed by atoms with Gasteiger partial charge in [0.1, 0.15) is 6.23 Å². The van der Waals surface area contributed by atoms with Crippen molar-refractivity contribution in [2.24, 2.45) is 11.8 Å². The fourth-order valence-corrected chi connectivity index (χ4v) is 4.91. The Morgan fingerprint density at radius 2 is 1.88 bits per heavy atom. The first-order valence-electron chi connectivity index (χ1n) is 9.17. The second-order valence-corrected chi connectivity index (χ2v) is 8.91. The number of halogens is 1. The lowest BCUT2D eigenvalue weighted by Gasteiger charge is -2.51. The van der Waals surface area contributed by atoms with Crippen molar-refractivity contribution in [3.63, 3.8) is 0 Å². The Bertz CT molecular complexity index is 619. The average Bonchev–Trinajstić information content (AvgIpc) is 2.55. The van der Waals surface area contributed by atoms with Gasteiger partial charge >= 0.3 is 0 Å². The van der Waals surface area contributed by atoms with Gasteiger partial charge in [0.05, 0.1) is 20.3 Å². The number of fused-ring (bicyclic) bond motifs is 1. The standard InChI is InChI=1S/C20H30BrNO3/c1-12-6-7-14-16(8-12)25-19(22-20(14,2)3)10-13-9-17(23-4)18(24-5)11-15(13)21/h9,11-12,14,16,19,22H,6-8,10H2,1-5H3. The molecule has 2 aliphatic rings. The molecule has 25 heavy (non-hydrogen) atoms. The Balaban J connectivity index is 1.79. The van der Waals surface area contributed by atoms with Gasteiger partial charge in [0.15, 0.2) is 11.5 Å². The zero-order valence-corrected chi connectivity index (χ0v) is 17.5. The van der Waals surface area contributed by atoms with E-state index in [-0.39, 0.29) is 11.8 Å². The highest BCUT2D eigenvalue weighted by Gasteiger charge is 2.45. The van der Waals surface area contributed by atoms with Crippen molar-refractivity contribution < 1.29 is 14.2 Å². The predicted octanol–water partition coefficient (Wildman–Crippen LogP) is 4.54. The molecule has 5 heteroatoms. The van der Waals surface area contributed by atoms with Gasteiger partial charge in [-0.1, -0.05) is 29.3 Å². The molecule has 0 bridgehead atoms. The van der Waals surface area contributed by atoms with E-state index in [2.05, 4.69) is 42.0 Å². The van der Waals surface area contributed by atoms with Gasteiger partial charge < -0.3 is 14.2 Å². The third-order valence-corrected chi connectivity index (χ3v) is 6.55. The van der Waals surface area contributed by atoms with Gasteiger partial charge in [-0.2, -0.15) is 0 Å². The summed E-state index contributed by atoms with van der Waals surface area (Å²) in [6.45, 7) is 6.98. The van der Waals surface area contributed by atoms with Crippen LogP contribution in [-0.4, -0.2) is 32.1 Å². The van der Waals surface area contributed by atoms with Gasteiger partial charge in [-0.15, -0.1) is 0 Å². The predicted molar refractivity (Wildman–Crippen MR) is 103 cm³/mol. The van der Waals surface area contributed by atoms with Crippen LogP contribution < -0.4 is 14.8 Å². The van der Waals surface area contributed by atoms with E-state index in [0.717, 1.165) is 33.9 Å². The average molecular weight is 412 g/mol. The van der Waals surface area contributed by atoms with Crippen molar-refractivity contribution >= 4 is 15.9 Å². The highest BCUT2D eigenvalue weighted by molar-refractivity contribution is 9.10. The first-order valence-corrected chi connectivity index (χ1v) is 9.97. The fourth-order valence-electron chi connectivity index (χ4n) is 4.42. The number of methoxy groups -OCH3 is 2. The summed E-state index contributed by atoms with van der Waals surface area (Å²) < 4.78 is 18.3. The molecule has 4 nitrogen and oxygen atoms in total. The van der Waals surface area contributed by atoms with E-state index >= 15 is 0 Å². The van der Waals surface area contributed by atoms with Crippen LogP contribution in [0.3, 0.4) is 0 Å². The minimum atomic E-state index is 0.0101. The van der Waals surface area contributed by atoms with E-state index in [9.17, 15) is 0 Å². The molecule has 2 fully saturated rings. The van der Waals surface area contributed by atoms with E-state index in [4.69, 9.17) is 14.2 Å². The monoisotopic (exact) mass is 411 g/mol. The van der Waals surface area contributed by atoms with Gasteiger partial charge in [-0.05, 0) is 50.3 Å². The molecule has 3 rings (SSSR count). The third-order valence-electron chi connectivity index (χ3n) is 5.81. The van der Waals surface area contributed by atoms with Crippen molar-refractivity contribution in [3.05, 3.63) is 22.2 Å². The Hall–Kier alpha value is -0.780. The zero-order chi connectivity index (χ0) is 18.2. The Labute approximate surface area is 159 Å². The lowest BCUT2D eigenvalue weighted by molar-refractivity contribution is -0.153. The lowest BCUT2D eigenvalue weighted by atomic mass is 9.70. The molecular formula is C20H30BrNO3. The Morgan fingerprint density at radius 1 is 1.20 bits per heavy atom. The number of rotatable bonds is 4. The van der Waals surface area contributed by atoms with E-state index < -0.39 is 0 Å². The second kappa shape index (κ2) is 7.45. The quantitative estimate of drug-likeness (QED) is 0.789. The van der Waals surface area contributed by atoms with Crippen LogP contribution in [-0.2, 0) is 11.2 Å². The summed E-state index contributed by atoms with van der Waals surface area (Å²) in [6, 6.07) is 4.00. The van der Waals surface area contributed by atoms with Crippen LogP contribution in [0.4, 0.5) is 0 Å². The molecule has 1 aliphatic carbocycles. The number of ether oxygens (including phenoxy) is 3. The number of benzene rings is 1. The van der Waals surface area contributed by atoms with Gasteiger partial charge in [0.25, 0.3) is 0 Å². The summed E-state index contributed by atoms with van der Waals surface area (Å²) in [5.41, 5.74) is 1.25. The highest BCUT2D eigenvalue weighted by atomic mass is 79.9. The van der Waals surface area contributed by atoms with Crippen molar-refractivity contribution in [2.45, 2.75) is 64.3 Å². The topological polar surface area (TPSA) is 39.7 Å². The van der Waals surface area contributed by atoms with Gasteiger partial charge in [-0.3, -0.25) is 5.32 Å². The Morgan fingerprint density at radius 3 is 2.56 bits per heavy atom. The summed E-state index contributed by atoms with van der Waals surface area (Å²) in [5.74, 6) is 2.83. The van der Waals surface area contributed by atoms with E-state index in [0.29, 0.717) is 12.0 Å². The van der Waals surface area contributed by atoms with Crippen LogP contribution in [0.15, 0.2) is 16.6 Å². The normalized spacial score (nSPS) is 31.3. The molecule has 1 heterocycles. The van der Waals surface area contributed by atoms with Gasteiger partial charge in [-0.25, -0.2) is 0 Å². The highest BCUT2D eigenvalue weighted by Crippen LogP contribution is 2.41. The summed E-state index contributed by atoms with van der Waals surface area (Å²) in [6.07, 6.45) is 4.88. The maximum absolute atomic E-state index is 6.48. The fraction of sp³-hybridized carbons (Fsp3) is 0.700. The Kier molecular flexibility index (Phi) is 5.66. The smallest absolute Gasteiger partial charge is 0.161 e. The van der Waals surface area contributed by atoms with E-state index in [1.807, 2.05) is 12.1 Å². The second-order valence-electron chi connectivity index (χ2n) is 8.06. The third kappa shape index (κ3) is 3.99. The maximum atomic E-state index is 6.48. The number of hydrogen-bond donors (Lipinski definition) is 1. The lowest BCUT2D eigenvalue weighted by Crippen LogP contribution is -2.63. The minimum Gasteiger partial charge on any atom is -0.493 e. The van der Waals surface area contributed by atoms with Crippen LogP contribution in [0, 0.1) is 11.8 Å². The SMILES string of the molecule is COc1cc(Br)c(CC2NC(C)(C)C3CCC(C)CC3O2)cc1OC. The molecule has 1 aromatic rings. The number of nitrogens with one attached hydrogen (secondary N) is 1. The van der Waals surface area contributed by atoms with Crippen molar-refractivity contribution in [1.29, 1.82) is 0 Å². The van der Waals surface area contributed by atoms with Gasteiger partial charge in [0, 0.05) is 22.4 Å². The summed E-state index contributed by atoms with van der Waals surface area (Å²) in [4.78, 5) is 0. The first-order chi connectivity index (χ1) is 11.8. The van der Waals surface area contributed by atoms with Crippen LogP contribution in [0.25, 0.3) is 0 Å². The summed E-state index contributed by atoms with van der Waals surface area (Å²) in [7, 11) is 3.32. The first kappa shape index (κ1) is 19.0. The van der Waals surface area contributed by atoms with Gasteiger partial charge in [0.2, 0.25) is 0 Å². The van der Waals surface area contributed by atoms with Crippen LogP contribution in [0.1, 0.15) is 45.6 Å². The minimum absolute atomic E-state index is 0.0101. The molecule has 0 spiro atoms. The van der Waals surface area contributed by atoms with E-state index in [1.165, 1.54) is 19.3 Å². The van der Waals surface area contributed by atoms with Crippen molar-refractivity contribution in [1.82, 2.24) is 5.32 Å². The zero-order valence-electron chi connectivity index (χ0n) is 15.9. The van der Waals surface area contributed by atoms with Crippen LogP contribution in [0.5, 0.6) is 11.5 Å². The molecule has 140 valence electrons. The molecule has 0 amide bonds. The molecule has 1 aromatic carbocycles. The molecular weight excluding hydrogens is 382 g/mol.